The van der Waals surface area contributed by atoms with Crippen molar-refractivity contribution in [2.75, 3.05) is 13.6 Å². The largest absolute Gasteiger partial charge is 0.361 e. The van der Waals surface area contributed by atoms with Gasteiger partial charge in [-0.05, 0) is 36.6 Å². The Morgan fingerprint density at radius 3 is 2.78 bits per heavy atom. The summed E-state index contributed by atoms with van der Waals surface area (Å²) in [4.78, 5) is 17.3. The van der Waals surface area contributed by atoms with Crippen LogP contribution in [0.25, 0.3) is 10.9 Å². The van der Waals surface area contributed by atoms with Crippen molar-refractivity contribution in [1.82, 2.24) is 9.88 Å². The van der Waals surface area contributed by atoms with Gasteiger partial charge in [-0.1, -0.05) is 13.8 Å². The Balaban J connectivity index is 2.34. The molecule has 1 aromatic carbocycles. The van der Waals surface area contributed by atoms with Crippen molar-refractivity contribution < 1.29 is 4.79 Å². The molecular formula is C15H20N2O. The number of nitrogens with one attached hydrogen (secondary N) is 1. The predicted molar refractivity (Wildman–Crippen MR) is 74.8 cm³/mol. The molecule has 0 spiro atoms. The molecule has 0 unspecified atom stereocenters. The van der Waals surface area contributed by atoms with E-state index in [9.17, 15) is 4.79 Å². The number of aromatic amines is 1. The van der Waals surface area contributed by atoms with E-state index in [-0.39, 0.29) is 5.91 Å². The molecule has 18 heavy (non-hydrogen) atoms. The molecule has 1 amide bonds. The van der Waals surface area contributed by atoms with Crippen molar-refractivity contribution in [1.29, 1.82) is 0 Å². The van der Waals surface area contributed by atoms with Crippen molar-refractivity contribution in [2.45, 2.75) is 20.8 Å². The zero-order valence-corrected chi connectivity index (χ0v) is 11.4. The van der Waals surface area contributed by atoms with Crippen LogP contribution >= 0.6 is 0 Å². The number of hydrogen-bond acceptors (Lipinski definition) is 1. The SMILES string of the molecule is Cc1cc2[nH]ccc2cc1C(=O)N(C)CC(C)C. The van der Waals surface area contributed by atoms with E-state index < -0.39 is 0 Å². The lowest BCUT2D eigenvalue weighted by atomic mass is 10.0. The summed E-state index contributed by atoms with van der Waals surface area (Å²) in [5.74, 6) is 0.583. The van der Waals surface area contributed by atoms with Crippen molar-refractivity contribution in [3.05, 3.63) is 35.5 Å². The smallest absolute Gasteiger partial charge is 0.253 e. The molecular weight excluding hydrogens is 224 g/mol. The van der Waals surface area contributed by atoms with Gasteiger partial charge in [0.15, 0.2) is 0 Å². The molecule has 0 saturated carbocycles. The minimum atomic E-state index is 0.101. The van der Waals surface area contributed by atoms with Gasteiger partial charge >= 0.3 is 0 Å². The summed E-state index contributed by atoms with van der Waals surface area (Å²) >= 11 is 0. The van der Waals surface area contributed by atoms with Gasteiger partial charge in [0, 0.05) is 36.3 Å². The molecule has 0 radical (unpaired) electrons. The number of aromatic nitrogens is 1. The molecule has 2 rings (SSSR count). The molecule has 0 aliphatic carbocycles. The molecule has 0 fully saturated rings. The van der Waals surface area contributed by atoms with Crippen LogP contribution in [0.15, 0.2) is 24.4 Å². The van der Waals surface area contributed by atoms with Crippen LogP contribution in [0.4, 0.5) is 0 Å². The Labute approximate surface area is 108 Å². The summed E-state index contributed by atoms with van der Waals surface area (Å²) in [5, 5.41) is 1.09. The van der Waals surface area contributed by atoms with E-state index in [1.807, 2.05) is 38.4 Å². The van der Waals surface area contributed by atoms with Gasteiger partial charge < -0.3 is 9.88 Å². The minimum Gasteiger partial charge on any atom is -0.361 e. The van der Waals surface area contributed by atoms with Crippen LogP contribution in [0.3, 0.4) is 0 Å². The van der Waals surface area contributed by atoms with Gasteiger partial charge in [-0.25, -0.2) is 0 Å². The van der Waals surface area contributed by atoms with Crippen molar-refractivity contribution in [3.63, 3.8) is 0 Å². The number of carbonyl (C=O) groups excluding carboxylic acids is 1. The maximum atomic E-state index is 12.4. The van der Waals surface area contributed by atoms with Gasteiger partial charge in [0.2, 0.25) is 0 Å². The average molecular weight is 244 g/mol. The van der Waals surface area contributed by atoms with Gasteiger partial charge in [0.1, 0.15) is 0 Å². The maximum absolute atomic E-state index is 12.4. The molecule has 1 heterocycles. The lowest BCUT2D eigenvalue weighted by Gasteiger charge is -2.20. The fraction of sp³-hybridized carbons (Fsp3) is 0.400. The van der Waals surface area contributed by atoms with E-state index in [1.54, 1.807) is 4.90 Å². The lowest BCUT2D eigenvalue weighted by molar-refractivity contribution is 0.0778. The fourth-order valence-electron chi connectivity index (χ4n) is 2.28. The highest BCUT2D eigenvalue weighted by molar-refractivity contribution is 5.99. The molecule has 0 saturated heterocycles. The third-order valence-electron chi connectivity index (χ3n) is 3.11. The Morgan fingerprint density at radius 1 is 1.39 bits per heavy atom. The third-order valence-corrected chi connectivity index (χ3v) is 3.11. The second kappa shape index (κ2) is 4.84. The van der Waals surface area contributed by atoms with Crippen molar-refractivity contribution in [2.24, 2.45) is 5.92 Å². The first-order chi connectivity index (χ1) is 8.49. The molecule has 0 bridgehead atoms. The molecule has 2 aromatic rings. The van der Waals surface area contributed by atoms with Gasteiger partial charge in [-0.2, -0.15) is 0 Å². The van der Waals surface area contributed by atoms with Crippen molar-refractivity contribution >= 4 is 16.8 Å². The summed E-state index contributed by atoms with van der Waals surface area (Å²) in [6.45, 7) is 7.00. The Bertz CT molecular complexity index is 569. The van der Waals surface area contributed by atoms with Crippen LogP contribution in [0.2, 0.25) is 0 Å². The summed E-state index contributed by atoms with van der Waals surface area (Å²) in [7, 11) is 1.86. The average Bonchev–Trinajstić information content (AvgIpc) is 2.72. The van der Waals surface area contributed by atoms with Gasteiger partial charge in [-0.15, -0.1) is 0 Å². The Kier molecular flexibility index (Phi) is 3.41. The molecule has 0 atom stereocenters. The molecule has 0 aliphatic rings. The number of nitrogens with zero attached hydrogens (tertiary/aromatic N) is 1. The van der Waals surface area contributed by atoms with Crippen LogP contribution in [-0.4, -0.2) is 29.4 Å². The second-order valence-electron chi connectivity index (χ2n) is 5.31. The van der Waals surface area contributed by atoms with Crippen LogP contribution < -0.4 is 0 Å². The highest BCUT2D eigenvalue weighted by Gasteiger charge is 2.15. The summed E-state index contributed by atoms with van der Waals surface area (Å²) < 4.78 is 0. The molecule has 96 valence electrons. The van der Waals surface area contributed by atoms with E-state index in [1.165, 1.54) is 0 Å². The van der Waals surface area contributed by atoms with E-state index in [2.05, 4.69) is 18.8 Å². The molecule has 1 N–H and O–H groups in total. The van der Waals surface area contributed by atoms with E-state index in [0.717, 1.165) is 28.6 Å². The number of benzene rings is 1. The van der Waals surface area contributed by atoms with E-state index in [4.69, 9.17) is 0 Å². The third kappa shape index (κ3) is 2.40. The molecule has 1 aromatic heterocycles. The Hall–Kier alpha value is -1.77. The topological polar surface area (TPSA) is 36.1 Å². The molecule has 0 aliphatic heterocycles. The number of H-pyrrole nitrogens is 1. The van der Waals surface area contributed by atoms with Gasteiger partial charge in [-0.3, -0.25) is 4.79 Å². The summed E-state index contributed by atoms with van der Waals surface area (Å²) in [5.41, 5.74) is 2.89. The number of fused-ring (bicyclic) bond motifs is 1. The van der Waals surface area contributed by atoms with E-state index >= 15 is 0 Å². The first-order valence-corrected chi connectivity index (χ1v) is 6.32. The lowest BCUT2D eigenvalue weighted by Crippen LogP contribution is -2.30. The van der Waals surface area contributed by atoms with Crippen molar-refractivity contribution in [3.8, 4) is 0 Å². The quantitative estimate of drug-likeness (QED) is 0.884. The van der Waals surface area contributed by atoms with Gasteiger partial charge in [0.25, 0.3) is 5.91 Å². The summed E-state index contributed by atoms with van der Waals surface area (Å²) in [6.07, 6.45) is 1.90. The Morgan fingerprint density at radius 2 is 2.11 bits per heavy atom. The first-order valence-electron chi connectivity index (χ1n) is 6.32. The molecule has 3 nitrogen and oxygen atoms in total. The monoisotopic (exact) mass is 244 g/mol. The van der Waals surface area contributed by atoms with E-state index in [0.29, 0.717) is 5.92 Å². The first kappa shape index (κ1) is 12.7. The van der Waals surface area contributed by atoms with Crippen LogP contribution in [0.5, 0.6) is 0 Å². The number of rotatable bonds is 3. The maximum Gasteiger partial charge on any atom is 0.253 e. The second-order valence-corrected chi connectivity index (χ2v) is 5.31. The fourth-order valence-corrected chi connectivity index (χ4v) is 2.28. The summed E-state index contributed by atoms with van der Waals surface area (Å²) in [6, 6.07) is 6.00. The zero-order chi connectivity index (χ0) is 13.3. The number of hydrogen-bond donors (Lipinski definition) is 1. The predicted octanol–water partition coefficient (Wildman–Crippen LogP) is 3.20. The zero-order valence-electron chi connectivity index (χ0n) is 11.4. The highest BCUT2D eigenvalue weighted by atomic mass is 16.2. The standard InChI is InChI=1S/C15H20N2O/c1-10(2)9-17(4)15(18)13-8-12-5-6-16-14(12)7-11(13)3/h5-8,10,16H,9H2,1-4H3. The molecule has 3 heteroatoms. The number of amides is 1. The number of carbonyl (C=O) groups is 1. The number of aryl methyl sites for hydroxylation is 1. The van der Waals surface area contributed by atoms with Crippen LogP contribution in [-0.2, 0) is 0 Å². The van der Waals surface area contributed by atoms with Gasteiger partial charge in [0.05, 0.1) is 0 Å². The minimum absolute atomic E-state index is 0.101. The van der Waals surface area contributed by atoms with Crippen LogP contribution in [0, 0.1) is 12.8 Å². The van der Waals surface area contributed by atoms with Crippen LogP contribution in [0.1, 0.15) is 29.8 Å². The normalized spacial score (nSPS) is 11.2. The highest BCUT2D eigenvalue weighted by Crippen LogP contribution is 2.20.